The number of aryl methyl sites for hydroxylation is 1. The summed E-state index contributed by atoms with van der Waals surface area (Å²) in [6, 6.07) is 5.39. The van der Waals surface area contributed by atoms with E-state index in [1.165, 1.54) is 30.5 Å². The summed E-state index contributed by atoms with van der Waals surface area (Å²) < 4.78 is 18.3. The number of hydrogen-bond acceptors (Lipinski definition) is 3. The summed E-state index contributed by atoms with van der Waals surface area (Å²) in [5.41, 5.74) is -0.387. The summed E-state index contributed by atoms with van der Waals surface area (Å²) in [7, 11) is 0. The second kappa shape index (κ2) is 3.93. The van der Waals surface area contributed by atoms with Gasteiger partial charge < -0.3 is 14.6 Å². The van der Waals surface area contributed by atoms with Crippen molar-refractivity contribution in [3.63, 3.8) is 0 Å². The van der Waals surface area contributed by atoms with E-state index in [9.17, 15) is 14.3 Å². The molecule has 0 radical (unpaired) electrons. The number of furan rings is 1. The summed E-state index contributed by atoms with van der Waals surface area (Å²) >= 11 is 0. The molecule has 0 fully saturated rings. The molecule has 0 saturated heterocycles. The topological polar surface area (TPSA) is 70.7 Å². The number of halogens is 1. The second-order valence-electron chi connectivity index (χ2n) is 4.63. The molecule has 2 N–H and O–H groups in total. The minimum absolute atomic E-state index is 0.00496. The molecule has 4 nitrogen and oxygen atoms in total. The van der Waals surface area contributed by atoms with Gasteiger partial charge in [-0.2, -0.15) is 0 Å². The van der Waals surface area contributed by atoms with Gasteiger partial charge in [-0.15, -0.1) is 0 Å². The molecule has 0 bridgehead atoms. The maximum absolute atomic E-state index is 13.2. The van der Waals surface area contributed by atoms with Crippen LogP contribution in [0.15, 0.2) is 34.9 Å². The molecule has 1 aliphatic rings. The minimum atomic E-state index is -1.50. The fourth-order valence-electron chi connectivity index (χ4n) is 2.66. The molecular formula is C14H11FO4. The zero-order valence-corrected chi connectivity index (χ0v) is 9.89. The maximum Gasteiger partial charge on any atom is 0.339 e. The van der Waals surface area contributed by atoms with Crippen molar-refractivity contribution in [1.82, 2.24) is 0 Å². The zero-order chi connectivity index (χ0) is 13.6. The van der Waals surface area contributed by atoms with Gasteiger partial charge in [0.2, 0.25) is 0 Å². The largest absolute Gasteiger partial charge is 0.478 e. The molecule has 1 aromatic heterocycles. The highest BCUT2D eigenvalue weighted by atomic mass is 19.1. The Balaban J connectivity index is 2.16. The lowest BCUT2D eigenvalue weighted by atomic mass is 9.91. The Morgan fingerprint density at radius 3 is 2.89 bits per heavy atom. The molecule has 0 spiro atoms. The molecule has 5 heteroatoms. The predicted octanol–water partition coefficient (Wildman–Crippen LogP) is 2.30. The van der Waals surface area contributed by atoms with E-state index in [1.807, 2.05) is 0 Å². The van der Waals surface area contributed by atoms with Crippen LogP contribution in [-0.4, -0.2) is 16.2 Å². The lowest BCUT2D eigenvalue weighted by Crippen LogP contribution is -2.25. The first-order chi connectivity index (χ1) is 9.02. The molecule has 0 saturated carbocycles. The highest BCUT2D eigenvalue weighted by Crippen LogP contribution is 2.43. The van der Waals surface area contributed by atoms with Gasteiger partial charge in [-0.1, -0.05) is 6.07 Å². The minimum Gasteiger partial charge on any atom is -0.478 e. The normalized spacial score (nSPS) is 21.4. The molecule has 0 amide bonds. The van der Waals surface area contributed by atoms with Crippen LogP contribution in [0, 0.1) is 5.82 Å². The average molecular weight is 262 g/mol. The number of aliphatic hydroxyl groups is 1. The summed E-state index contributed by atoms with van der Waals surface area (Å²) in [6.07, 6.45) is 1.99. The van der Waals surface area contributed by atoms with Crippen LogP contribution in [0.5, 0.6) is 0 Å². The van der Waals surface area contributed by atoms with Gasteiger partial charge in [-0.25, -0.2) is 9.18 Å². The van der Waals surface area contributed by atoms with Crippen LogP contribution in [0.3, 0.4) is 0 Å². The predicted molar refractivity (Wildman–Crippen MR) is 63.4 cm³/mol. The van der Waals surface area contributed by atoms with E-state index in [2.05, 4.69) is 0 Å². The third-order valence-corrected chi connectivity index (χ3v) is 3.54. The first kappa shape index (κ1) is 11.9. The quantitative estimate of drug-likeness (QED) is 0.871. The molecule has 1 unspecified atom stereocenters. The van der Waals surface area contributed by atoms with Crippen LogP contribution in [0.2, 0.25) is 0 Å². The molecule has 1 heterocycles. The highest BCUT2D eigenvalue weighted by Gasteiger charge is 2.43. The van der Waals surface area contributed by atoms with E-state index in [0.29, 0.717) is 17.5 Å². The number of carboxylic acid groups (broad SMARTS) is 1. The first-order valence-corrected chi connectivity index (χ1v) is 5.85. The molecule has 0 aliphatic heterocycles. The van der Waals surface area contributed by atoms with Gasteiger partial charge in [0.15, 0.2) is 5.76 Å². The summed E-state index contributed by atoms with van der Waals surface area (Å²) in [5.74, 6) is -1.53. The van der Waals surface area contributed by atoms with Crippen LogP contribution >= 0.6 is 0 Å². The number of fused-ring (bicyclic) bond motifs is 1. The Labute approximate surface area is 108 Å². The SMILES string of the molecule is O=C(O)c1ccoc1C1(O)CCc2cc(F)ccc21. The van der Waals surface area contributed by atoms with Crippen LogP contribution in [0.1, 0.15) is 33.7 Å². The Morgan fingerprint density at radius 1 is 1.37 bits per heavy atom. The van der Waals surface area contributed by atoms with Gasteiger partial charge in [0, 0.05) is 0 Å². The van der Waals surface area contributed by atoms with Crippen molar-refractivity contribution in [2.45, 2.75) is 18.4 Å². The van der Waals surface area contributed by atoms with Crippen LogP contribution in [-0.2, 0) is 12.0 Å². The Morgan fingerprint density at radius 2 is 2.16 bits per heavy atom. The molecule has 1 aromatic carbocycles. The smallest absolute Gasteiger partial charge is 0.339 e. The zero-order valence-electron chi connectivity index (χ0n) is 9.89. The highest BCUT2D eigenvalue weighted by molar-refractivity contribution is 5.89. The van der Waals surface area contributed by atoms with E-state index < -0.39 is 11.6 Å². The van der Waals surface area contributed by atoms with Gasteiger partial charge in [0.1, 0.15) is 17.0 Å². The van der Waals surface area contributed by atoms with Crippen LogP contribution < -0.4 is 0 Å². The third kappa shape index (κ3) is 1.66. The van der Waals surface area contributed by atoms with Crippen LogP contribution in [0.4, 0.5) is 4.39 Å². The van der Waals surface area contributed by atoms with Crippen molar-refractivity contribution in [3.8, 4) is 0 Å². The maximum atomic E-state index is 13.2. The van der Waals surface area contributed by atoms with E-state index in [0.717, 1.165) is 0 Å². The first-order valence-electron chi connectivity index (χ1n) is 5.85. The van der Waals surface area contributed by atoms with E-state index >= 15 is 0 Å². The summed E-state index contributed by atoms with van der Waals surface area (Å²) in [4.78, 5) is 11.1. The Hall–Kier alpha value is -2.14. The van der Waals surface area contributed by atoms with Gasteiger partial charge in [-0.05, 0) is 42.2 Å². The number of rotatable bonds is 2. The molecule has 1 aliphatic carbocycles. The Kier molecular flexibility index (Phi) is 2.46. The van der Waals surface area contributed by atoms with Crippen molar-refractivity contribution in [2.24, 2.45) is 0 Å². The van der Waals surface area contributed by atoms with Gasteiger partial charge >= 0.3 is 5.97 Å². The van der Waals surface area contributed by atoms with Crippen molar-refractivity contribution in [2.75, 3.05) is 0 Å². The van der Waals surface area contributed by atoms with Gasteiger partial charge in [0.05, 0.1) is 6.26 Å². The number of carbonyl (C=O) groups is 1. The number of aromatic carboxylic acids is 1. The molecule has 98 valence electrons. The molecular weight excluding hydrogens is 251 g/mol. The van der Waals surface area contributed by atoms with Crippen molar-refractivity contribution >= 4 is 5.97 Å². The Bertz CT molecular complexity index is 661. The number of hydrogen-bond donors (Lipinski definition) is 2. The fraction of sp³-hybridized carbons (Fsp3) is 0.214. The van der Waals surface area contributed by atoms with Crippen molar-refractivity contribution in [1.29, 1.82) is 0 Å². The number of carboxylic acids is 1. The molecule has 19 heavy (non-hydrogen) atoms. The van der Waals surface area contributed by atoms with Crippen LogP contribution in [0.25, 0.3) is 0 Å². The summed E-state index contributed by atoms with van der Waals surface area (Å²) in [5, 5.41) is 19.8. The molecule has 1 atom stereocenters. The van der Waals surface area contributed by atoms with Crippen molar-refractivity contribution < 1.29 is 23.8 Å². The lowest BCUT2D eigenvalue weighted by Gasteiger charge is -2.22. The average Bonchev–Trinajstić information content (AvgIpc) is 2.95. The summed E-state index contributed by atoms with van der Waals surface area (Å²) in [6.45, 7) is 0. The fourth-order valence-corrected chi connectivity index (χ4v) is 2.66. The monoisotopic (exact) mass is 262 g/mol. The second-order valence-corrected chi connectivity index (χ2v) is 4.63. The number of benzene rings is 1. The van der Waals surface area contributed by atoms with E-state index in [4.69, 9.17) is 9.52 Å². The van der Waals surface area contributed by atoms with Gasteiger partial charge in [-0.3, -0.25) is 0 Å². The lowest BCUT2D eigenvalue weighted by molar-refractivity contribution is 0.0518. The standard InChI is InChI=1S/C14H11FO4/c15-9-1-2-11-8(7-9)3-5-14(11,18)12-10(13(16)17)4-6-19-12/h1-2,4,6-7,18H,3,5H2,(H,16,17). The molecule has 3 rings (SSSR count). The van der Waals surface area contributed by atoms with E-state index in [-0.39, 0.29) is 23.6 Å². The van der Waals surface area contributed by atoms with Crippen molar-refractivity contribution in [3.05, 3.63) is 58.8 Å². The van der Waals surface area contributed by atoms with Gasteiger partial charge in [0.25, 0.3) is 0 Å². The molecule has 2 aromatic rings. The third-order valence-electron chi connectivity index (χ3n) is 3.54. The van der Waals surface area contributed by atoms with E-state index in [1.54, 1.807) is 0 Å².